The van der Waals surface area contributed by atoms with Gasteiger partial charge in [-0.25, -0.2) is 0 Å². The second-order valence-corrected chi connectivity index (χ2v) is 6.19. The number of benzene rings is 3. The molecule has 2 N–H and O–H groups in total. The molecule has 0 heterocycles. The third-order valence-corrected chi connectivity index (χ3v) is 4.08. The van der Waals surface area contributed by atoms with Crippen LogP contribution in [0, 0.1) is 11.3 Å². The van der Waals surface area contributed by atoms with Crippen LogP contribution in [0.15, 0.2) is 78.9 Å². The molecule has 0 radical (unpaired) electrons. The zero-order chi connectivity index (χ0) is 20.5. The van der Waals surface area contributed by atoms with Crippen LogP contribution in [0.5, 0.6) is 5.75 Å². The van der Waals surface area contributed by atoms with Gasteiger partial charge in [0, 0.05) is 12.2 Å². The third kappa shape index (κ3) is 5.68. The molecule has 2 amide bonds. The lowest BCUT2D eigenvalue weighted by atomic mass is 10.1. The number of hydrogen-bond acceptors (Lipinski definition) is 4. The summed E-state index contributed by atoms with van der Waals surface area (Å²) >= 11 is 0. The summed E-state index contributed by atoms with van der Waals surface area (Å²) < 4.78 is 5.56. The van der Waals surface area contributed by atoms with Gasteiger partial charge in [-0.1, -0.05) is 42.5 Å². The van der Waals surface area contributed by atoms with Crippen LogP contribution >= 0.6 is 0 Å². The molecule has 0 fully saturated rings. The first-order chi connectivity index (χ1) is 14.2. The fourth-order valence-corrected chi connectivity index (χ4v) is 2.62. The number of rotatable bonds is 7. The monoisotopic (exact) mass is 385 g/mol. The second kappa shape index (κ2) is 9.72. The molecule has 0 spiro atoms. The van der Waals surface area contributed by atoms with E-state index in [1.807, 2.05) is 36.4 Å². The van der Waals surface area contributed by atoms with Gasteiger partial charge < -0.3 is 15.4 Å². The van der Waals surface area contributed by atoms with Gasteiger partial charge in [0.2, 0.25) is 0 Å². The molecule has 6 nitrogen and oxygen atoms in total. The van der Waals surface area contributed by atoms with Gasteiger partial charge in [-0.15, -0.1) is 0 Å². The summed E-state index contributed by atoms with van der Waals surface area (Å²) in [5.74, 6) is -0.320. The molecule has 0 bridgehead atoms. The van der Waals surface area contributed by atoms with E-state index in [1.165, 1.54) is 0 Å². The molecular weight excluding hydrogens is 366 g/mol. The van der Waals surface area contributed by atoms with Crippen molar-refractivity contribution < 1.29 is 14.3 Å². The van der Waals surface area contributed by atoms with Gasteiger partial charge in [0.05, 0.1) is 17.2 Å². The van der Waals surface area contributed by atoms with Gasteiger partial charge >= 0.3 is 0 Å². The van der Waals surface area contributed by atoms with E-state index in [0.717, 1.165) is 5.56 Å². The molecule has 0 aliphatic rings. The van der Waals surface area contributed by atoms with Crippen LogP contribution in [-0.2, 0) is 11.3 Å². The van der Waals surface area contributed by atoms with Crippen LogP contribution in [0.4, 0.5) is 5.69 Å². The lowest BCUT2D eigenvalue weighted by Gasteiger charge is -2.12. The van der Waals surface area contributed by atoms with Gasteiger partial charge in [-0.05, 0) is 42.0 Å². The Kier molecular flexibility index (Phi) is 6.58. The summed E-state index contributed by atoms with van der Waals surface area (Å²) in [5.41, 5.74) is 2.41. The van der Waals surface area contributed by atoms with E-state index in [2.05, 4.69) is 10.6 Å². The maximum atomic E-state index is 12.5. The lowest BCUT2D eigenvalue weighted by molar-refractivity contribution is -0.118. The Bertz CT molecular complexity index is 1030. The van der Waals surface area contributed by atoms with Crippen LogP contribution in [0.2, 0.25) is 0 Å². The van der Waals surface area contributed by atoms with E-state index in [1.54, 1.807) is 48.5 Å². The van der Waals surface area contributed by atoms with Crippen LogP contribution < -0.4 is 15.4 Å². The smallest absolute Gasteiger partial charge is 0.262 e. The maximum absolute atomic E-state index is 12.5. The number of nitriles is 1. The Balaban J connectivity index is 1.57. The molecule has 3 rings (SSSR count). The summed E-state index contributed by atoms with van der Waals surface area (Å²) in [4.78, 5) is 24.6. The molecule has 0 aliphatic heterocycles. The van der Waals surface area contributed by atoms with Gasteiger partial charge in [-0.3, -0.25) is 9.59 Å². The molecule has 0 saturated heterocycles. The minimum absolute atomic E-state index is 0.247. The Morgan fingerprint density at radius 2 is 1.59 bits per heavy atom. The van der Waals surface area contributed by atoms with E-state index in [4.69, 9.17) is 10.00 Å². The van der Waals surface area contributed by atoms with Gasteiger partial charge in [-0.2, -0.15) is 5.26 Å². The Labute approximate surface area is 168 Å². The van der Waals surface area contributed by atoms with Crippen molar-refractivity contribution in [2.75, 3.05) is 11.9 Å². The van der Waals surface area contributed by atoms with Crippen molar-refractivity contribution >= 4 is 17.5 Å². The lowest BCUT2D eigenvalue weighted by Crippen LogP contribution is -2.25. The number of nitrogens with zero attached hydrogens (tertiary/aromatic N) is 1. The minimum atomic E-state index is -0.366. The highest BCUT2D eigenvalue weighted by Crippen LogP contribution is 2.18. The molecule has 0 aromatic heterocycles. The number of anilines is 1. The van der Waals surface area contributed by atoms with Gasteiger partial charge in [0.25, 0.3) is 11.8 Å². The van der Waals surface area contributed by atoms with Gasteiger partial charge in [0.15, 0.2) is 6.61 Å². The van der Waals surface area contributed by atoms with Crippen molar-refractivity contribution in [3.8, 4) is 11.8 Å². The maximum Gasteiger partial charge on any atom is 0.262 e. The quantitative estimate of drug-likeness (QED) is 0.651. The number of nitrogens with one attached hydrogen (secondary N) is 2. The fraction of sp³-hybridized carbons (Fsp3) is 0.0870. The summed E-state index contributed by atoms with van der Waals surface area (Å²) in [5, 5.41) is 14.3. The second-order valence-electron chi connectivity index (χ2n) is 6.19. The first kappa shape index (κ1) is 19.6. The largest absolute Gasteiger partial charge is 0.483 e. The average molecular weight is 385 g/mol. The van der Waals surface area contributed by atoms with Crippen LogP contribution in [-0.4, -0.2) is 18.4 Å². The molecule has 0 unspecified atom stereocenters. The number of ether oxygens (including phenoxy) is 1. The minimum Gasteiger partial charge on any atom is -0.483 e. The Hall–Kier alpha value is -4.11. The van der Waals surface area contributed by atoms with E-state index in [-0.39, 0.29) is 18.4 Å². The molecule has 3 aromatic carbocycles. The van der Waals surface area contributed by atoms with Gasteiger partial charge in [0.1, 0.15) is 5.75 Å². The zero-order valence-electron chi connectivity index (χ0n) is 15.6. The summed E-state index contributed by atoms with van der Waals surface area (Å²) in [7, 11) is 0. The van der Waals surface area contributed by atoms with E-state index >= 15 is 0 Å². The Morgan fingerprint density at radius 3 is 2.31 bits per heavy atom. The number of amides is 2. The average Bonchev–Trinajstić information content (AvgIpc) is 2.77. The van der Waals surface area contributed by atoms with E-state index in [0.29, 0.717) is 29.1 Å². The predicted molar refractivity (Wildman–Crippen MR) is 109 cm³/mol. The number of para-hydroxylation sites is 1. The summed E-state index contributed by atoms with van der Waals surface area (Å²) in [6.07, 6.45) is 0. The van der Waals surface area contributed by atoms with Crippen LogP contribution in [0.25, 0.3) is 0 Å². The fourth-order valence-electron chi connectivity index (χ4n) is 2.62. The first-order valence-corrected chi connectivity index (χ1v) is 8.99. The highest BCUT2D eigenvalue weighted by Gasteiger charge is 2.13. The SMILES string of the molecule is N#Cc1ccc(NC(=O)COc2ccccc2C(=O)NCc2ccccc2)cc1. The van der Waals surface area contributed by atoms with Crippen molar-refractivity contribution in [3.05, 3.63) is 95.6 Å². The summed E-state index contributed by atoms with van der Waals surface area (Å²) in [6.45, 7) is 0.149. The molecule has 3 aromatic rings. The highest BCUT2D eigenvalue weighted by atomic mass is 16.5. The normalized spacial score (nSPS) is 9.90. The number of carbonyl (C=O) groups excluding carboxylic acids is 2. The first-order valence-electron chi connectivity index (χ1n) is 8.99. The van der Waals surface area contributed by atoms with E-state index in [9.17, 15) is 9.59 Å². The molecular formula is C23H19N3O3. The molecule has 6 heteroatoms. The molecule has 29 heavy (non-hydrogen) atoms. The highest BCUT2D eigenvalue weighted by molar-refractivity contribution is 5.97. The molecule has 144 valence electrons. The zero-order valence-corrected chi connectivity index (χ0v) is 15.6. The van der Waals surface area contributed by atoms with Crippen LogP contribution in [0.3, 0.4) is 0 Å². The molecule has 0 atom stereocenters. The number of carbonyl (C=O) groups is 2. The molecule has 0 aliphatic carbocycles. The summed E-state index contributed by atoms with van der Waals surface area (Å²) in [6, 6.07) is 24.9. The van der Waals surface area contributed by atoms with Crippen molar-refractivity contribution in [2.24, 2.45) is 0 Å². The van der Waals surface area contributed by atoms with Crippen molar-refractivity contribution in [3.63, 3.8) is 0 Å². The van der Waals surface area contributed by atoms with Crippen molar-refractivity contribution in [1.82, 2.24) is 5.32 Å². The number of hydrogen-bond donors (Lipinski definition) is 2. The van der Waals surface area contributed by atoms with E-state index < -0.39 is 0 Å². The van der Waals surface area contributed by atoms with Crippen molar-refractivity contribution in [1.29, 1.82) is 5.26 Å². The standard InChI is InChI=1S/C23H19N3O3/c24-14-17-10-12-19(13-11-17)26-22(27)16-29-21-9-5-4-8-20(21)23(28)25-15-18-6-2-1-3-7-18/h1-13H,15-16H2,(H,25,28)(H,26,27). The van der Waals surface area contributed by atoms with Crippen molar-refractivity contribution in [2.45, 2.75) is 6.54 Å². The third-order valence-electron chi connectivity index (χ3n) is 4.08. The molecule has 0 saturated carbocycles. The topological polar surface area (TPSA) is 91.2 Å². The van der Waals surface area contributed by atoms with Crippen LogP contribution in [0.1, 0.15) is 21.5 Å². The predicted octanol–water partition coefficient (Wildman–Crippen LogP) is 3.51. The Morgan fingerprint density at radius 1 is 0.897 bits per heavy atom.